The van der Waals surface area contributed by atoms with E-state index in [1.54, 1.807) is 0 Å². The molecular weight excluding hydrogens is 300 g/mol. The molecule has 0 bridgehead atoms. The van der Waals surface area contributed by atoms with E-state index in [9.17, 15) is 4.21 Å². The molecule has 116 valence electrons. The smallest absolute Gasteiger partial charge is 0.229 e. The summed E-state index contributed by atoms with van der Waals surface area (Å²) >= 11 is 0. The van der Waals surface area contributed by atoms with E-state index in [2.05, 4.69) is 15.1 Å². The van der Waals surface area contributed by atoms with Crippen LogP contribution < -0.4 is 0 Å². The Labute approximate surface area is 131 Å². The Morgan fingerprint density at radius 3 is 2.82 bits per heavy atom. The maximum atomic E-state index is 12.3. The van der Waals surface area contributed by atoms with Crippen molar-refractivity contribution >= 4 is 16.4 Å². The lowest BCUT2D eigenvalue weighted by Crippen LogP contribution is -2.01. The summed E-state index contributed by atoms with van der Waals surface area (Å²) in [5.41, 5.74) is 2.80. The predicted octanol–water partition coefficient (Wildman–Crippen LogP) is 2.60. The first kappa shape index (κ1) is 14.9. The number of pyridine rings is 1. The van der Waals surface area contributed by atoms with E-state index in [0.29, 0.717) is 17.5 Å². The molecule has 0 aromatic carbocycles. The Bertz CT molecular complexity index is 822. The summed E-state index contributed by atoms with van der Waals surface area (Å²) in [6.07, 6.45) is 3.85. The van der Waals surface area contributed by atoms with Gasteiger partial charge in [0.25, 0.3) is 0 Å². The van der Waals surface area contributed by atoms with E-state index in [4.69, 9.17) is 4.52 Å². The summed E-state index contributed by atoms with van der Waals surface area (Å²) in [4.78, 5) is 8.78. The highest BCUT2D eigenvalue weighted by Gasteiger charge is 2.14. The lowest BCUT2D eigenvalue weighted by atomic mass is 10.2. The molecule has 1 unspecified atom stereocenters. The second-order valence-electron chi connectivity index (χ2n) is 5.59. The summed E-state index contributed by atoms with van der Waals surface area (Å²) in [6.45, 7) is 5.97. The Hall–Kier alpha value is -2.02. The average molecular weight is 318 g/mol. The second-order valence-corrected chi connectivity index (χ2v) is 7.04. The minimum absolute atomic E-state index is 0.177. The van der Waals surface area contributed by atoms with Gasteiger partial charge in [0.1, 0.15) is 5.65 Å². The van der Waals surface area contributed by atoms with E-state index in [-0.39, 0.29) is 11.7 Å². The molecule has 0 aliphatic carbocycles. The highest BCUT2D eigenvalue weighted by Crippen LogP contribution is 2.14. The molecule has 0 saturated carbocycles. The Morgan fingerprint density at radius 1 is 1.32 bits per heavy atom. The van der Waals surface area contributed by atoms with Crippen LogP contribution >= 0.6 is 0 Å². The molecule has 3 rings (SSSR count). The molecule has 3 heterocycles. The van der Waals surface area contributed by atoms with Crippen molar-refractivity contribution in [2.24, 2.45) is 0 Å². The van der Waals surface area contributed by atoms with Crippen LogP contribution in [0.4, 0.5) is 0 Å². The van der Waals surface area contributed by atoms with Crippen molar-refractivity contribution in [2.45, 2.75) is 38.2 Å². The van der Waals surface area contributed by atoms with Gasteiger partial charge in [0.15, 0.2) is 5.82 Å². The number of nitrogens with zero attached hydrogens (tertiary/aromatic N) is 4. The number of hydrogen-bond donors (Lipinski definition) is 0. The number of aromatic nitrogens is 4. The third kappa shape index (κ3) is 3.09. The summed E-state index contributed by atoms with van der Waals surface area (Å²) in [5, 5.41) is 3.87. The van der Waals surface area contributed by atoms with Gasteiger partial charge in [0.2, 0.25) is 5.89 Å². The van der Waals surface area contributed by atoms with Gasteiger partial charge in [-0.05, 0) is 18.6 Å². The number of hydrogen-bond acceptors (Lipinski definition) is 5. The Balaban J connectivity index is 1.71. The van der Waals surface area contributed by atoms with Crippen LogP contribution in [0.2, 0.25) is 0 Å². The van der Waals surface area contributed by atoms with Crippen LogP contribution in [0.5, 0.6) is 0 Å². The molecule has 0 saturated heterocycles. The normalized spacial score (nSPS) is 13.1. The van der Waals surface area contributed by atoms with Crippen molar-refractivity contribution in [1.82, 2.24) is 19.5 Å². The number of rotatable bonds is 5. The van der Waals surface area contributed by atoms with Crippen LogP contribution in [0.1, 0.15) is 42.7 Å². The van der Waals surface area contributed by atoms with Gasteiger partial charge >= 0.3 is 0 Å². The van der Waals surface area contributed by atoms with Crippen molar-refractivity contribution in [3.8, 4) is 0 Å². The van der Waals surface area contributed by atoms with Crippen LogP contribution in [0.15, 0.2) is 29.0 Å². The standard InChI is InChI=1S/C15H18N4O2S/c1-10(2)15-17-13(18-21-15)9-22(20)8-12-7-19-6-4-5-11(3)14(19)16-12/h4-7,10H,8-9H2,1-3H3. The molecule has 7 heteroatoms. The molecule has 6 nitrogen and oxygen atoms in total. The van der Waals surface area contributed by atoms with Crippen LogP contribution in [-0.2, 0) is 22.3 Å². The van der Waals surface area contributed by atoms with Crippen molar-refractivity contribution in [3.63, 3.8) is 0 Å². The van der Waals surface area contributed by atoms with Gasteiger partial charge in [-0.3, -0.25) is 4.21 Å². The Kier molecular flexibility index (Phi) is 4.06. The van der Waals surface area contributed by atoms with Crippen LogP contribution in [-0.4, -0.2) is 23.7 Å². The molecule has 0 aliphatic rings. The molecule has 1 atom stereocenters. The lowest BCUT2D eigenvalue weighted by molar-refractivity contribution is 0.362. The summed E-state index contributed by atoms with van der Waals surface area (Å²) in [7, 11) is -1.12. The van der Waals surface area contributed by atoms with E-state index in [1.807, 2.05) is 49.7 Å². The maximum Gasteiger partial charge on any atom is 0.229 e. The molecular formula is C15H18N4O2S. The zero-order valence-corrected chi connectivity index (χ0v) is 13.6. The zero-order chi connectivity index (χ0) is 15.7. The largest absolute Gasteiger partial charge is 0.339 e. The van der Waals surface area contributed by atoms with Crippen molar-refractivity contribution in [3.05, 3.63) is 47.5 Å². The molecule has 0 radical (unpaired) electrons. The second kappa shape index (κ2) is 6.00. The van der Waals surface area contributed by atoms with Crippen molar-refractivity contribution < 1.29 is 8.73 Å². The van der Waals surface area contributed by atoms with E-state index >= 15 is 0 Å². The molecule has 0 N–H and O–H groups in total. The van der Waals surface area contributed by atoms with Crippen LogP contribution in [0.3, 0.4) is 0 Å². The van der Waals surface area contributed by atoms with Gasteiger partial charge in [-0.1, -0.05) is 25.1 Å². The van der Waals surface area contributed by atoms with Gasteiger partial charge in [0.05, 0.1) is 17.2 Å². The number of aryl methyl sites for hydroxylation is 1. The van der Waals surface area contributed by atoms with E-state index in [1.165, 1.54) is 0 Å². The predicted molar refractivity (Wildman–Crippen MR) is 83.9 cm³/mol. The summed E-state index contributed by atoms with van der Waals surface area (Å²) in [6, 6.07) is 3.98. The Morgan fingerprint density at radius 2 is 2.14 bits per heavy atom. The van der Waals surface area contributed by atoms with Gasteiger partial charge in [-0.15, -0.1) is 0 Å². The van der Waals surface area contributed by atoms with E-state index in [0.717, 1.165) is 16.9 Å². The first-order valence-electron chi connectivity index (χ1n) is 7.13. The number of imidazole rings is 1. The van der Waals surface area contributed by atoms with Crippen LogP contribution in [0, 0.1) is 6.92 Å². The molecule has 0 fully saturated rings. The van der Waals surface area contributed by atoms with E-state index < -0.39 is 10.8 Å². The average Bonchev–Trinajstić information content (AvgIpc) is 3.06. The highest BCUT2D eigenvalue weighted by atomic mass is 32.2. The van der Waals surface area contributed by atoms with Gasteiger partial charge < -0.3 is 8.92 Å². The minimum atomic E-state index is -1.12. The monoisotopic (exact) mass is 318 g/mol. The number of fused-ring (bicyclic) bond motifs is 1. The SMILES string of the molecule is Cc1cccn2cc(CS(=O)Cc3noc(C(C)C)n3)nc12. The minimum Gasteiger partial charge on any atom is -0.339 e. The topological polar surface area (TPSA) is 73.3 Å². The lowest BCUT2D eigenvalue weighted by Gasteiger charge is -1.95. The van der Waals surface area contributed by atoms with Gasteiger partial charge in [0, 0.05) is 29.1 Å². The molecule has 0 aliphatic heterocycles. The fourth-order valence-corrected chi connectivity index (χ4v) is 3.17. The van der Waals surface area contributed by atoms with Crippen molar-refractivity contribution in [1.29, 1.82) is 0 Å². The summed E-state index contributed by atoms with van der Waals surface area (Å²) < 4.78 is 19.3. The maximum absolute atomic E-state index is 12.3. The quantitative estimate of drug-likeness (QED) is 0.723. The van der Waals surface area contributed by atoms with Crippen LogP contribution in [0.25, 0.3) is 5.65 Å². The molecule has 3 aromatic heterocycles. The molecule has 3 aromatic rings. The third-order valence-electron chi connectivity index (χ3n) is 3.30. The fraction of sp³-hybridized carbons (Fsp3) is 0.400. The first-order chi connectivity index (χ1) is 10.5. The van der Waals surface area contributed by atoms with Gasteiger partial charge in [-0.25, -0.2) is 4.98 Å². The molecule has 0 amide bonds. The van der Waals surface area contributed by atoms with Crippen molar-refractivity contribution in [2.75, 3.05) is 0 Å². The fourth-order valence-electron chi connectivity index (χ4n) is 2.19. The molecule has 0 spiro atoms. The third-order valence-corrected chi connectivity index (χ3v) is 4.50. The zero-order valence-electron chi connectivity index (χ0n) is 12.8. The molecule has 22 heavy (non-hydrogen) atoms. The summed E-state index contributed by atoms with van der Waals surface area (Å²) in [5.74, 6) is 1.91. The first-order valence-corrected chi connectivity index (χ1v) is 8.62. The highest BCUT2D eigenvalue weighted by molar-refractivity contribution is 7.83. The van der Waals surface area contributed by atoms with Gasteiger partial charge in [-0.2, -0.15) is 4.98 Å².